The fraction of sp³-hybridized carbons (Fsp3) is 0.933. The lowest BCUT2D eigenvalue weighted by Gasteiger charge is -2.32. The van der Waals surface area contributed by atoms with Gasteiger partial charge in [-0.1, -0.05) is 0 Å². The molecule has 2 rings (SSSR count). The Hall–Kier alpha value is -0.755. The molecule has 0 radical (unpaired) electrons. The number of carbonyl (C=O) groups excluding carboxylic acids is 1. The lowest BCUT2D eigenvalue weighted by molar-refractivity contribution is -0.152. The first-order chi connectivity index (χ1) is 10.4. The van der Waals surface area contributed by atoms with Gasteiger partial charge in [-0.3, -0.25) is 4.79 Å². The summed E-state index contributed by atoms with van der Waals surface area (Å²) in [5, 5.41) is 0. The SMILES string of the molecule is CC1(C)OB(C(CC(=O)N2CCCCC2)C(F)(F)F)OC1(C)C. The smallest absolute Gasteiger partial charge is 0.403 e. The van der Waals surface area contributed by atoms with Crippen molar-refractivity contribution in [1.82, 2.24) is 4.90 Å². The van der Waals surface area contributed by atoms with Crippen LogP contribution in [0.1, 0.15) is 53.4 Å². The maximum atomic E-state index is 13.5. The Morgan fingerprint density at radius 1 is 1.09 bits per heavy atom. The standard InChI is InChI=1S/C15H25BF3NO3/c1-13(2)14(3,4)23-16(22-13)11(15(17,18)19)10-12(21)20-8-6-5-7-9-20/h11H,5-10H2,1-4H3. The van der Waals surface area contributed by atoms with Crippen LogP contribution in [0.4, 0.5) is 13.2 Å². The maximum absolute atomic E-state index is 13.5. The average Bonchev–Trinajstić information content (AvgIpc) is 2.63. The minimum atomic E-state index is -4.55. The number of halogens is 3. The summed E-state index contributed by atoms with van der Waals surface area (Å²) in [6.07, 6.45) is -2.46. The summed E-state index contributed by atoms with van der Waals surface area (Å²) < 4.78 is 51.5. The van der Waals surface area contributed by atoms with Crippen molar-refractivity contribution in [3.8, 4) is 0 Å². The van der Waals surface area contributed by atoms with Crippen LogP contribution in [0.15, 0.2) is 0 Å². The zero-order valence-corrected chi connectivity index (χ0v) is 14.2. The fourth-order valence-electron chi connectivity index (χ4n) is 2.88. The number of rotatable bonds is 3. The zero-order chi connectivity index (χ0) is 17.5. The van der Waals surface area contributed by atoms with E-state index < -0.39 is 42.6 Å². The molecule has 1 amide bonds. The predicted molar refractivity (Wildman–Crippen MR) is 80.9 cm³/mol. The highest BCUT2D eigenvalue weighted by atomic mass is 19.4. The molecule has 2 saturated heterocycles. The largest absolute Gasteiger partial charge is 0.471 e. The van der Waals surface area contributed by atoms with Crippen LogP contribution in [0.5, 0.6) is 0 Å². The number of likely N-dealkylation sites (tertiary alicyclic amines) is 1. The monoisotopic (exact) mass is 335 g/mol. The summed E-state index contributed by atoms with van der Waals surface area (Å²) in [6, 6.07) is 0. The summed E-state index contributed by atoms with van der Waals surface area (Å²) >= 11 is 0. The van der Waals surface area contributed by atoms with E-state index in [1.54, 1.807) is 27.7 Å². The molecule has 0 saturated carbocycles. The minimum Gasteiger partial charge on any atom is -0.403 e. The average molecular weight is 335 g/mol. The Labute approximate surface area is 135 Å². The molecule has 1 atom stereocenters. The molecule has 8 heteroatoms. The number of alkyl halides is 3. The van der Waals surface area contributed by atoms with Crippen LogP contribution in [-0.4, -0.2) is 48.4 Å². The van der Waals surface area contributed by atoms with Crippen LogP contribution in [-0.2, 0) is 14.1 Å². The minimum absolute atomic E-state index is 0.471. The van der Waals surface area contributed by atoms with Crippen molar-refractivity contribution in [2.45, 2.75) is 76.6 Å². The second-order valence-electron chi connectivity index (χ2n) is 7.42. The van der Waals surface area contributed by atoms with Crippen molar-refractivity contribution in [3.05, 3.63) is 0 Å². The van der Waals surface area contributed by atoms with Gasteiger partial charge in [0.05, 0.1) is 17.0 Å². The fourth-order valence-corrected chi connectivity index (χ4v) is 2.88. The Morgan fingerprint density at radius 3 is 2.00 bits per heavy atom. The van der Waals surface area contributed by atoms with Crippen molar-refractivity contribution in [2.24, 2.45) is 0 Å². The van der Waals surface area contributed by atoms with Gasteiger partial charge in [0.1, 0.15) is 0 Å². The van der Waals surface area contributed by atoms with E-state index in [1.165, 1.54) is 4.90 Å². The van der Waals surface area contributed by atoms with Crippen molar-refractivity contribution in [3.63, 3.8) is 0 Å². The zero-order valence-electron chi connectivity index (χ0n) is 14.2. The third kappa shape index (κ3) is 4.02. The third-order valence-electron chi connectivity index (χ3n) is 5.12. The normalized spacial score (nSPS) is 25.5. The molecule has 4 nitrogen and oxygen atoms in total. The van der Waals surface area contributed by atoms with Crippen LogP contribution in [0.2, 0.25) is 5.82 Å². The first kappa shape index (κ1) is 18.6. The van der Waals surface area contributed by atoms with Gasteiger partial charge in [-0.2, -0.15) is 13.2 Å². The molecule has 2 fully saturated rings. The lowest BCUT2D eigenvalue weighted by Crippen LogP contribution is -2.42. The van der Waals surface area contributed by atoms with Gasteiger partial charge in [-0.05, 0) is 47.0 Å². The molecule has 2 aliphatic heterocycles. The van der Waals surface area contributed by atoms with Crippen LogP contribution in [0, 0.1) is 0 Å². The van der Waals surface area contributed by atoms with E-state index in [0.29, 0.717) is 13.1 Å². The highest BCUT2D eigenvalue weighted by Gasteiger charge is 2.60. The number of amides is 1. The molecule has 23 heavy (non-hydrogen) atoms. The Balaban J connectivity index is 2.11. The first-order valence-corrected chi connectivity index (χ1v) is 8.14. The van der Waals surface area contributed by atoms with Crippen molar-refractivity contribution in [1.29, 1.82) is 0 Å². The second-order valence-corrected chi connectivity index (χ2v) is 7.42. The molecule has 132 valence electrons. The molecular weight excluding hydrogens is 310 g/mol. The van der Waals surface area contributed by atoms with Crippen molar-refractivity contribution >= 4 is 13.0 Å². The molecule has 0 spiro atoms. The Kier molecular flexibility index (Phi) is 5.07. The third-order valence-corrected chi connectivity index (χ3v) is 5.12. The van der Waals surface area contributed by atoms with E-state index in [-0.39, 0.29) is 0 Å². The van der Waals surface area contributed by atoms with Gasteiger partial charge < -0.3 is 14.2 Å². The summed E-state index contributed by atoms with van der Waals surface area (Å²) in [6.45, 7) is 7.87. The highest BCUT2D eigenvalue weighted by molar-refractivity contribution is 6.48. The second kappa shape index (κ2) is 6.28. The molecule has 2 heterocycles. The van der Waals surface area contributed by atoms with E-state index in [4.69, 9.17) is 9.31 Å². The molecule has 0 bridgehead atoms. The molecule has 2 aliphatic rings. The highest BCUT2D eigenvalue weighted by Crippen LogP contribution is 2.46. The Morgan fingerprint density at radius 2 is 1.57 bits per heavy atom. The van der Waals surface area contributed by atoms with Gasteiger partial charge in [0.15, 0.2) is 0 Å². The molecule has 0 N–H and O–H groups in total. The molecule has 0 aromatic carbocycles. The van der Waals surface area contributed by atoms with Crippen LogP contribution >= 0.6 is 0 Å². The number of hydrogen-bond donors (Lipinski definition) is 0. The van der Waals surface area contributed by atoms with E-state index in [1.807, 2.05) is 0 Å². The van der Waals surface area contributed by atoms with Gasteiger partial charge in [0.25, 0.3) is 0 Å². The van der Waals surface area contributed by atoms with E-state index in [0.717, 1.165) is 19.3 Å². The van der Waals surface area contributed by atoms with Crippen LogP contribution < -0.4 is 0 Å². The molecule has 1 unspecified atom stereocenters. The number of piperidine rings is 1. The summed E-state index contributed by atoms with van der Waals surface area (Å²) in [5.41, 5.74) is -1.70. The number of carbonyl (C=O) groups is 1. The van der Waals surface area contributed by atoms with E-state index >= 15 is 0 Å². The van der Waals surface area contributed by atoms with Gasteiger partial charge >= 0.3 is 13.3 Å². The summed E-state index contributed by atoms with van der Waals surface area (Å²) in [4.78, 5) is 13.8. The van der Waals surface area contributed by atoms with Gasteiger partial charge in [0.2, 0.25) is 5.91 Å². The number of nitrogens with zero attached hydrogens (tertiary/aromatic N) is 1. The van der Waals surface area contributed by atoms with Crippen molar-refractivity contribution < 1.29 is 27.3 Å². The molecular formula is C15H25BF3NO3. The first-order valence-electron chi connectivity index (χ1n) is 8.14. The summed E-state index contributed by atoms with van der Waals surface area (Å²) in [7, 11) is -1.45. The molecule has 0 aliphatic carbocycles. The maximum Gasteiger partial charge on any atom is 0.471 e. The Bertz CT molecular complexity index is 432. The topological polar surface area (TPSA) is 38.8 Å². The molecule has 0 aromatic heterocycles. The van der Waals surface area contributed by atoms with E-state index in [9.17, 15) is 18.0 Å². The van der Waals surface area contributed by atoms with E-state index in [2.05, 4.69) is 0 Å². The quantitative estimate of drug-likeness (QED) is 0.742. The van der Waals surface area contributed by atoms with Gasteiger partial charge in [-0.15, -0.1) is 0 Å². The molecule has 0 aromatic rings. The van der Waals surface area contributed by atoms with Crippen molar-refractivity contribution in [2.75, 3.05) is 13.1 Å². The lowest BCUT2D eigenvalue weighted by atomic mass is 9.69. The number of hydrogen-bond acceptors (Lipinski definition) is 3. The summed E-state index contributed by atoms with van der Waals surface area (Å²) in [5.74, 6) is -2.42. The van der Waals surface area contributed by atoms with Gasteiger partial charge in [-0.25, -0.2) is 0 Å². The van der Waals surface area contributed by atoms with Crippen LogP contribution in [0.25, 0.3) is 0 Å². The van der Waals surface area contributed by atoms with Gasteiger partial charge in [0, 0.05) is 19.5 Å². The van der Waals surface area contributed by atoms with Crippen LogP contribution in [0.3, 0.4) is 0 Å². The predicted octanol–water partition coefficient (Wildman–Crippen LogP) is 3.41.